The van der Waals surface area contributed by atoms with Crippen LogP contribution < -0.4 is 0 Å². The number of nitrogens with zero attached hydrogens (tertiary/aromatic N) is 2. The Balaban J connectivity index is 1.41. The Bertz CT molecular complexity index is 1130. The van der Waals surface area contributed by atoms with Gasteiger partial charge < -0.3 is 9.32 Å². The van der Waals surface area contributed by atoms with Gasteiger partial charge in [-0.2, -0.15) is 4.31 Å². The van der Waals surface area contributed by atoms with Gasteiger partial charge in [-0.3, -0.25) is 4.79 Å². The highest BCUT2D eigenvalue weighted by atomic mass is 35.5. The first-order valence-electron chi connectivity index (χ1n) is 8.84. The van der Waals surface area contributed by atoms with E-state index in [1.54, 1.807) is 17.2 Å². The van der Waals surface area contributed by atoms with Gasteiger partial charge in [-0.1, -0.05) is 23.7 Å². The van der Waals surface area contributed by atoms with Gasteiger partial charge in [0.1, 0.15) is 9.79 Å². The van der Waals surface area contributed by atoms with E-state index in [9.17, 15) is 13.2 Å². The number of thiophene rings is 1. The number of hydrogen-bond donors (Lipinski definition) is 0. The van der Waals surface area contributed by atoms with Crippen LogP contribution >= 0.6 is 22.9 Å². The molecule has 1 aliphatic heterocycles. The fourth-order valence-electron chi connectivity index (χ4n) is 3.34. The Hall–Kier alpha value is -1.87. The fraction of sp³-hybridized carbons (Fsp3) is 0.316. The summed E-state index contributed by atoms with van der Waals surface area (Å²) < 4.78 is 33.0. The Kier molecular flexibility index (Phi) is 5.22. The molecule has 3 aromatic rings. The average Bonchev–Trinajstić information content (AvgIpc) is 3.28. The highest BCUT2D eigenvalue weighted by molar-refractivity contribution is 7.91. The number of halogens is 1. The second-order valence-corrected chi connectivity index (χ2v) is 10.7. The third-order valence-electron chi connectivity index (χ3n) is 4.89. The normalized spacial score (nSPS) is 16.0. The van der Waals surface area contributed by atoms with Crippen molar-refractivity contribution in [3.8, 4) is 0 Å². The lowest BCUT2D eigenvalue weighted by atomic mass is 10.1. The van der Waals surface area contributed by atoms with Crippen LogP contribution in [0.3, 0.4) is 0 Å². The number of amides is 1. The standard InChI is InChI=1S/C19H19ClN2O4S2/c1-13-2-3-15-14(12-26-16(15)10-13)11-18(23)21-6-8-22(9-7-21)28(24,25)19-5-4-17(20)27-19/h2-5,10,12H,6-9,11H2,1H3. The quantitative estimate of drug-likeness (QED) is 0.624. The first-order valence-corrected chi connectivity index (χ1v) is 11.5. The maximum atomic E-state index is 12.7. The molecular weight excluding hydrogens is 420 g/mol. The Morgan fingerprint density at radius 2 is 1.93 bits per heavy atom. The molecule has 1 amide bonds. The van der Waals surface area contributed by atoms with Crippen molar-refractivity contribution in [2.24, 2.45) is 0 Å². The van der Waals surface area contributed by atoms with E-state index in [1.165, 1.54) is 10.4 Å². The molecule has 0 bridgehead atoms. The maximum Gasteiger partial charge on any atom is 0.252 e. The van der Waals surface area contributed by atoms with Gasteiger partial charge in [0.2, 0.25) is 5.91 Å². The molecule has 1 saturated heterocycles. The van der Waals surface area contributed by atoms with Crippen LogP contribution in [0.25, 0.3) is 11.0 Å². The van der Waals surface area contributed by atoms with E-state index in [2.05, 4.69) is 0 Å². The lowest BCUT2D eigenvalue weighted by Crippen LogP contribution is -2.50. The summed E-state index contributed by atoms with van der Waals surface area (Å²) in [6, 6.07) is 9.00. The molecule has 3 heterocycles. The van der Waals surface area contributed by atoms with Crippen molar-refractivity contribution < 1.29 is 17.6 Å². The van der Waals surface area contributed by atoms with Crippen LogP contribution in [0.15, 0.2) is 45.2 Å². The summed E-state index contributed by atoms with van der Waals surface area (Å²) in [5, 5.41) is 0.940. The summed E-state index contributed by atoms with van der Waals surface area (Å²) >= 11 is 6.91. The van der Waals surface area contributed by atoms with Crippen molar-refractivity contribution in [3.05, 3.63) is 52.1 Å². The lowest BCUT2D eigenvalue weighted by Gasteiger charge is -2.33. The van der Waals surface area contributed by atoms with Crippen LogP contribution in [0.1, 0.15) is 11.1 Å². The van der Waals surface area contributed by atoms with Gasteiger partial charge >= 0.3 is 0 Å². The lowest BCUT2D eigenvalue weighted by molar-refractivity contribution is -0.131. The zero-order chi connectivity index (χ0) is 19.9. The van der Waals surface area contributed by atoms with E-state index in [0.717, 1.165) is 33.4 Å². The number of furan rings is 1. The largest absolute Gasteiger partial charge is 0.464 e. The minimum atomic E-state index is -3.56. The maximum absolute atomic E-state index is 12.7. The summed E-state index contributed by atoms with van der Waals surface area (Å²) in [4.78, 5) is 14.4. The van der Waals surface area contributed by atoms with Crippen LogP contribution in [0, 0.1) is 6.92 Å². The van der Waals surface area contributed by atoms with Crippen molar-refractivity contribution >= 4 is 49.8 Å². The number of sulfonamides is 1. The number of aryl methyl sites for hydroxylation is 1. The van der Waals surface area contributed by atoms with E-state index >= 15 is 0 Å². The van der Waals surface area contributed by atoms with Gasteiger partial charge in [-0.15, -0.1) is 11.3 Å². The Morgan fingerprint density at radius 1 is 1.18 bits per heavy atom. The second kappa shape index (κ2) is 7.51. The topological polar surface area (TPSA) is 70.8 Å². The third-order valence-corrected chi connectivity index (χ3v) is 8.48. The SMILES string of the molecule is Cc1ccc2c(CC(=O)N3CCN(S(=O)(=O)c4ccc(Cl)s4)CC3)coc2c1. The smallest absolute Gasteiger partial charge is 0.252 e. The molecule has 0 atom stereocenters. The van der Waals surface area contributed by atoms with Gasteiger partial charge in [0.25, 0.3) is 10.0 Å². The summed E-state index contributed by atoms with van der Waals surface area (Å²) in [5.74, 6) is -0.0282. The summed E-state index contributed by atoms with van der Waals surface area (Å²) in [6.45, 7) is 3.27. The van der Waals surface area contributed by atoms with E-state index in [1.807, 2.05) is 25.1 Å². The number of rotatable bonds is 4. The average molecular weight is 439 g/mol. The second-order valence-electron chi connectivity index (χ2n) is 6.78. The minimum Gasteiger partial charge on any atom is -0.464 e. The summed E-state index contributed by atoms with van der Waals surface area (Å²) in [6.07, 6.45) is 1.87. The van der Waals surface area contributed by atoms with Gasteiger partial charge in [0, 0.05) is 37.1 Å². The van der Waals surface area contributed by atoms with Gasteiger partial charge in [-0.25, -0.2) is 8.42 Å². The van der Waals surface area contributed by atoms with Crippen LogP contribution in [0.5, 0.6) is 0 Å². The molecule has 4 rings (SSSR count). The van der Waals surface area contributed by atoms with Crippen LogP contribution in [-0.2, 0) is 21.2 Å². The van der Waals surface area contributed by atoms with Crippen LogP contribution in [0.2, 0.25) is 4.34 Å². The summed E-state index contributed by atoms with van der Waals surface area (Å²) in [5.41, 5.74) is 2.72. The zero-order valence-corrected chi connectivity index (χ0v) is 17.6. The first kappa shape index (κ1) is 19.4. The highest BCUT2D eigenvalue weighted by Crippen LogP contribution is 2.29. The number of hydrogen-bond acceptors (Lipinski definition) is 5. The number of benzene rings is 1. The Morgan fingerprint density at radius 3 is 2.61 bits per heavy atom. The number of carbonyl (C=O) groups is 1. The number of fused-ring (bicyclic) bond motifs is 1. The molecular formula is C19H19ClN2O4S2. The molecule has 9 heteroatoms. The predicted octanol–water partition coefficient (Wildman–Crippen LogP) is 3.53. The van der Waals surface area contributed by atoms with Crippen molar-refractivity contribution in [1.82, 2.24) is 9.21 Å². The zero-order valence-electron chi connectivity index (χ0n) is 15.2. The summed E-state index contributed by atoms with van der Waals surface area (Å²) in [7, 11) is -3.56. The first-order chi connectivity index (χ1) is 13.3. The molecule has 1 aromatic carbocycles. The molecule has 0 spiro atoms. The minimum absolute atomic E-state index is 0.0282. The van der Waals surface area contributed by atoms with Gasteiger partial charge in [0.15, 0.2) is 0 Å². The highest BCUT2D eigenvalue weighted by Gasteiger charge is 2.31. The third kappa shape index (κ3) is 3.69. The van der Waals surface area contributed by atoms with E-state index in [4.69, 9.17) is 16.0 Å². The molecule has 0 radical (unpaired) electrons. The predicted molar refractivity (Wildman–Crippen MR) is 109 cm³/mol. The molecule has 0 saturated carbocycles. The fourth-order valence-corrected chi connectivity index (χ4v) is 6.40. The molecule has 1 fully saturated rings. The van der Waals surface area contributed by atoms with Crippen molar-refractivity contribution in [2.45, 2.75) is 17.6 Å². The molecule has 148 valence electrons. The molecule has 6 nitrogen and oxygen atoms in total. The molecule has 0 aliphatic carbocycles. The van der Waals surface area contributed by atoms with E-state index in [-0.39, 0.29) is 29.6 Å². The van der Waals surface area contributed by atoms with Crippen molar-refractivity contribution in [3.63, 3.8) is 0 Å². The van der Waals surface area contributed by atoms with Crippen molar-refractivity contribution in [2.75, 3.05) is 26.2 Å². The van der Waals surface area contributed by atoms with E-state index in [0.29, 0.717) is 17.4 Å². The number of carbonyl (C=O) groups excluding carboxylic acids is 1. The van der Waals surface area contributed by atoms with Crippen molar-refractivity contribution in [1.29, 1.82) is 0 Å². The molecule has 1 aliphatic rings. The molecule has 2 aromatic heterocycles. The molecule has 0 unspecified atom stereocenters. The van der Waals surface area contributed by atoms with Gasteiger partial charge in [-0.05, 0) is 30.7 Å². The van der Waals surface area contributed by atoms with E-state index < -0.39 is 10.0 Å². The molecule has 0 N–H and O–H groups in total. The number of piperazine rings is 1. The van der Waals surface area contributed by atoms with Crippen LogP contribution in [-0.4, -0.2) is 49.7 Å². The van der Waals surface area contributed by atoms with Gasteiger partial charge in [0.05, 0.1) is 17.0 Å². The monoisotopic (exact) mass is 438 g/mol. The Labute approximate surface area is 172 Å². The van der Waals surface area contributed by atoms with Crippen LogP contribution in [0.4, 0.5) is 0 Å². The molecule has 28 heavy (non-hydrogen) atoms.